The molecule has 6 nitrogen and oxygen atoms in total. The van der Waals surface area contributed by atoms with E-state index >= 15 is 0 Å². The summed E-state index contributed by atoms with van der Waals surface area (Å²) in [6.45, 7) is 7.58. The van der Waals surface area contributed by atoms with Crippen LogP contribution >= 0.6 is 0 Å². The third-order valence-corrected chi connectivity index (χ3v) is 4.97. The van der Waals surface area contributed by atoms with E-state index in [-0.39, 0.29) is 5.91 Å². The van der Waals surface area contributed by atoms with Crippen LogP contribution in [0, 0.1) is 0 Å². The summed E-state index contributed by atoms with van der Waals surface area (Å²) in [5.74, 6) is 0.0886. The molecule has 0 radical (unpaired) electrons. The van der Waals surface area contributed by atoms with E-state index in [0.717, 1.165) is 51.1 Å². The Morgan fingerprint density at radius 2 is 1.58 bits per heavy atom. The van der Waals surface area contributed by atoms with Crippen molar-refractivity contribution in [3.63, 3.8) is 0 Å². The van der Waals surface area contributed by atoms with Crippen LogP contribution in [0.4, 0.5) is 5.69 Å². The minimum atomic E-state index is 0.0886. The summed E-state index contributed by atoms with van der Waals surface area (Å²) in [4.78, 5) is 31.8. The molecule has 1 aromatic rings. The highest BCUT2D eigenvalue weighted by Crippen LogP contribution is 2.18. The Morgan fingerprint density at radius 3 is 2.17 bits per heavy atom. The number of anilines is 1. The van der Waals surface area contributed by atoms with Gasteiger partial charge in [0.1, 0.15) is 6.29 Å². The summed E-state index contributed by atoms with van der Waals surface area (Å²) in [7, 11) is 2.15. The van der Waals surface area contributed by atoms with Gasteiger partial charge in [-0.05, 0) is 31.3 Å². The first-order chi connectivity index (χ1) is 11.7. The van der Waals surface area contributed by atoms with Gasteiger partial charge in [0, 0.05) is 63.6 Å². The summed E-state index contributed by atoms with van der Waals surface area (Å²) >= 11 is 0. The first-order valence-corrected chi connectivity index (χ1v) is 8.66. The molecule has 0 aromatic heterocycles. The number of carbonyl (C=O) groups is 2. The molecule has 2 saturated heterocycles. The molecule has 1 aromatic carbocycles. The normalized spacial score (nSPS) is 20.2. The zero-order valence-electron chi connectivity index (χ0n) is 14.4. The maximum atomic E-state index is 12.6. The average Bonchev–Trinajstić information content (AvgIpc) is 2.63. The smallest absolute Gasteiger partial charge is 0.253 e. The second-order valence-corrected chi connectivity index (χ2v) is 6.60. The summed E-state index contributed by atoms with van der Waals surface area (Å²) in [5.41, 5.74) is 1.94. The lowest BCUT2D eigenvalue weighted by atomic mass is 10.1. The minimum absolute atomic E-state index is 0.0886. The molecule has 24 heavy (non-hydrogen) atoms. The highest BCUT2D eigenvalue weighted by atomic mass is 16.2. The fourth-order valence-electron chi connectivity index (χ4n) is 3.30. The molecule has 130 valence electrons. The zero-order chi connectivity index (χ0) is 16.9. The average molecular weight is 330 g/mol. The highest BCUT2D eigenvalue weighted by Gasteiger charge is 2.22. The van der Waals surface area contributed by atoms with Crippen molar-refractivity contribution in [3.05, 3.63) is 29.8 Å². The van der Waals surface area contributed by atoms with Crippen LogP contribution < -0.4 is 4.90 Å². The van der Waals surface area contributed by atoms with Crippen LogP contribution in [-0.2, 0) is 4.79 Å². The van der Waals surface area contributed by atoms with Crippen LogP contribution in [0.1, 0.15) is 10.4 Å². The Morgan fingerprint density at radius 1 is 0.958 bits per heavy atom. The second-order valence-electron chi connectivity index (χ2n) is 6.60. The first-order valence-electron chi connectivity index (χ1n) is 8.66. The number of hydrogen-bond donors (Lipinski definition) is 0. The molecule has 1 amide bonds. The van der Waals surface area contributed by atoms with Gasteiger partial charge in [-0.2, -0.15) is 0 Å². The van der Waals surface area contributed by atoms with E-state index in [4.69, 9.17) is 0 Å². The van der Waals surface area contributed by atoms with Gasteiger partial charge in [0.2, 0.25) is 0 Å². The fraction of sp³-hybridized carbons (Fsp3) is 0.556. The van der Waals surface area contributed by atoms with E-state index in [1.54, 1.807) is 0 Å². The monoisotopic (exact) mass is 330 g/mol. The van der Waals surface area contributed by atoms with Gasteiger partial charge in [-0.15, -0.1) is 0 Å². The Bertz CT molecular complexity index is 559. The van der Waals surface area contributed by atoms with Gasteiger partial charge < -0.3 is 19.5 Å². The molecular formula is C18H26N4O2. The number of likely N-dealkylation sites (N-methyl/N-ethyl adjacent to an activating group) is 1. The number of aldehydes is 1. The van der Waals surface area contributed by atoms with E-state index in [9.17, 15) is 9.59 Å². The quantitative estimate of drug-likeness (QED) is 0.748. The molecular weight excluding hydrogens is 304 g/mol. The SMILES string of the molecule is CN1CCN(c2ccc(C(=O)N3CCN(CC=O)CC3)cc2)CC1. The number of amides is 1. The number of benzene rings is 1. The van der Waals surface area contributed by atoms with Crippen LogP contribution in [0.2, 0.25) is 0 Å². The molecule has 0 unspecified atom stereocenters. The summed E-state index contributed by atoms with van der Waals surface area (Å²) in [6.07, 6.45) is 0.925. The molecule has 0 spiro atoms. The van der Waals surface area contributed by atoms with Gasteiger partial charge in [0.25, 0.3) is 5.91 Å². The Balaban J connectivity index is 1.57. The van der Waals surface area contributed by atoms with Gasteiger partial charge in [0.15, 0.2) is 0 Å². The molecule has 3 rings (SSSR count). The third-order valence-electron chi connectivity index (χ3n) is 4.97. The topological polar surface area (TPSA) is 47.1 Å². The number of nitrogens with zero attached hydrogens (tertiary/aromatic N) is 4. The van der Waals surface area contributed by atoms with Crippen LogP contribution in [-0.4, -0.2) is 92.8 Å². The van der Waals surface area contributed by atoms with Gasteiger partial charge in [-0.25, -0.2) is 0 Å². The maximum absolute atomic E-state index is 12.6. The molecule has 0 aliphatic carbocycles. The molecule has 2 aliphatic rings. The van der Waals surface area contributed by atoms with E-state index in [2.05, 4.69) is 33.9 Å². The third kappa shape index (κ3) is 3.94. The standard InChI is InChI=1S/C18H26N4O2/c1-19-6-10-21(11-7-19)17-4-2-16(3-5-17)18(24)22-12-8-20(9-13-22)14-15-23/h2-5,15H,6-14H2,1H3. The molecule has 0 bridgehead atoms. The molecule has 0 saturated carbocycles. The van der Waals surface area contributed by atoms with E-state index in [1.165, 1.54) is 5.69 Å². The summed E-state index contributed by atoms with van der Waals surface area (Å²) in [6, 6.07) is 7.99. The Labute approximate surface area is 143 Å². The summed E-state index contributed by atoms with van der Waals surface area (Å²) < 4.78 is 0. The van der Waals surface area contributed by atoms with Crippen molar-refractivity contribution < 1.29 is 9.59 Å². The van der Waals surface area contributed by atoms with Gasteiger partial charge in [-0.1, -0.05) is 0 Å². The van der Waals surface area contributed by atoms with E-state index in [1.807, 2.05) is 17.0 Å². The van der Waals surface area contributed by atoms with E-state index in [0.29, 0.717) is 19.6 Å². The van der Waals surface area contributed by atoms with Crippen LogP contribution in [0.15, 0.2) is 24.3 Å². The zero-order valence-corrected chi connectivity index (χ0v) is 14.4. The lowest BCUT2D eigenvalue weighted by Gasteiger charge is -2.34. The van der Waals surface area contributed by atoms with Crippen molar-refractivity contribution in [3.8, 4) is 0 Å². The maximum Gasteiger partial charge on any atom is 0.253 e. The minimum Gasteiger partial charge on any atom is -0.369 e. The van der Waals surface area contributed by atoms with Gasteiger partial charge >= 0.3 is 0 Å². The molecule has 2 fully saturated rings. The lowest BCUT2D eigenvalue weighted by Crippen LogP contribution is -2.49. The van der Waals surface area contributed by atoms with Crippen LogP contribution in [0.3, 0.4) is 0 Å². The van der Waals surface area contributed by atoms with Gasteiger partial charge in [-0.3, -0.25) is 9.69 Å². The Hall–Kier alpha value is -1.92. The van der Waals surface area contributed by atoms with Crippen molar-refractivity contribution in [2.24, 2.45) is 0 Å². The largest absolute Gasteiger partial charge is 0.369 e. The summed E-state index contributed by atoms with van der Waals surface area (Å²) in [5, 5.41) is 0. The molecule has 0 atom stereocenters. The number of hydrogen-bond acceptors (Lipinski definition) is 5. The Kier molecular flexibility index (Phi) is 5.48. The lowest BCUT2D eigenvalue weighted by molar-refractivity contribution is -0.109. The molecule has 0 N–H and O–H groups in total. The van der Waals surface area contributed by atoms with Crippen LogP contribution in [0.5, 0.6) is 0 Å². The van der Waals surface area contributed by atoms with Crippen molar-refractivity contribution in [2.75, 3.05) is 70.9 Å². The number of rotatable bonds is 4. The highest BCUT2D eigenvalue weighted by molar-refractivity contribution is 5.94. The molecule has 2 aliphatic heterocycles. The number of piperazine rings is 2. The fourth-order valence-corrected chi connectivity index (χ4v) is 3.30. The van der Waals surface area contributed by atoms with Crippen molar-refractivity contribution >= 4 is 17.9 Å². The van der Waals surface area contributed by atoms with E-state index < -0.39 is 0 Å². The second kappa shape index (κ2) is 7.77. The van der Waals surface area contributed by atoms with Crippen LogP contribution in [0.25, 0.3) is 0 Å². The molecule has 6 heteroatoms. The molecule has 2 heterocycles. The van der Waals surface area contributed by atoms with Crippen molar-refractivity contribution in [2.45, 2.75) is 0 Å². The van der Waals surface area contributed by atoms with Crippen molar-refractivity contribution in [1.82, 2.24) is 14.7 Å². The predicted molar refractivity (Wildman–Crippen MR) is 94.6 cm³/mol. The van der Waals surface area contributed by atoms with Crippen molar-refractivity contribution in [1.29, 1.82) is 0 Å². The predicted octanol–water partition coefficient (Wildman–Crippen LogP) is 0.395. The first kappa shape index (κ1) is 16.9. The number of carbonyl (C=O) groups excluding carboxylic acids is 2. The van der Waals surface area contributed by atoms with Gasteiger partial charge in [0.05, 0.1) is 6.54 Å².